The largest absolute Gasteiger partial charge is 0.488 e. The first-order chi connectivity index (χ1) is 7.56. The van der Waals surface area contributed by atoms with Gasteiger partial charge in [-0.2, -0.15) is 0 Å². The molecule has 0 saturated carbocycles. The molecule has 0 bridgehead atoms. The van der Waals surface area contributed by atoms with Crippen molar-refractivity contribution in [2.45, 2.75) is 0 Å². The summed E-state index contributed by atoms with van der Waals surface area (Å²) in [6, 6.07) is 2.58. The number of nitrogens with one attached hydrogen (secondary N) is 1. The molecule has 1 aromatic carbocycles. The molecule has 0 atom stereocenters. The van der Waals surface area contributed by atoms with Crippen LogP contribution in [0.5, 0.6) is 5.75 Å². The summed E-state index contributed by atoms with van der Waals surface area (Å²) in [5.41, 5.74) is 6.37. The quantitative estimate of drug-likeness (QED) is 0.374. The Bertz CT molecular complexity index is 399. The summed E-state index contributed by atoms with van der Waals surface area (Å²) in [5, 5.41) is 7.39. The lowest BCUT2D eigenvalue weighted by Gasteiger charge is -2.09. The molecule has 0 radical (unpaired) electrons. The number of hydrogen-bond donors (Lipinski definition) is 2. The normalized spacial score (nSPS) is 10.2. The summed E-state index contributed by atoms with van der Waals surface area (Å²) in [6.45, 7) is 0.636. The Balaban J connectivity index is 2.88. The van der Waals surface area contributed by atoms with Crippen molar-refractivity contribution < 1.29 is 13.9 Å². The second-order valence-corrected chi connectivity index (χ2v) is 4.10. The smallest absolute Gasteiger partial charge is 0.165 e. The SMILES string of the molecule is COCCOc1cc(N)c(C(=N)I)cc1F. The van der Waals surface area contributed by atoms with Crippen LogP contribution in [0.25, 0.3) is 0 Å². The standard InChI is InChI=1S/C10H12FIN2O2/c1-15-2-3-16-9-5-8(13)6(10(12)14)4-7(9)11/h4-5,14H,2-3,13H2,1H3. The van der Waals surface area contributed by atoms with E-state index in [9.17, 15) is 4.39 Å². The summed E-state index contributed by atoms with van der Waals surface area (Å²) >= 11 is 1.77. The highest BCUT2D eigenvalue weighted by molar-refractivity contribution is 14.1. The molecule has 0 heterocycles. The number of ether oxygens (including phenoxy) is 2. The van der Waals surface area contributed by atoms with E-state index >= 15 is 0 Å². The van der Waals surface area contributed by atoms with Crippen molar-refractivity contribution in [1.29, 1.82) is 5.41 Å². The van der Waals surface area contributed by atoms with Gasteiger partial charge in [-0.1, -0.05) is 0 Å². The molecule has 0 saturated heterocycles. The Morgan fingerprint density at radius 2 is 2.19 bits per heavy atom. The fraction of sp³-hybridized carbons (Fsp3) is 0.300. The highest BCUT2D eigenvalue weighted by Gasteiger charge is 2.10. The predicted molar refractivity (Wildman–Crippen MR) is 69.0 cm³/mol. The maximum absolute atomic E-state index is 13.5. The van der Waals surface area contributed by atoms with E-state index in [1.54, 1.807) is 22.6 Å². The zero-order valence-electron chi connectivity index (χ0n) is 8.72. The van der Waals surface area contributed by atoms with Gasteiger partial charge in [0.2, 0.25) is 0 Å². The fourth-order valence-corrected chi connectivity index (χ4v) is 1.57. The van der Waals surface area contributed by atoms with Gasteiger partial charge in [-0.15, -0.1) is 0 Å². The van der Waals surface area contributed by atoms with Crippen LogP contribution in [-0.4, -0.2) is 24.0 Å². The Hall–Kier alpha value is -0.890. The summed E-state index contributed by atoms with van der Waals surface area (Å²) in [6.07, 6.45) is 0. The first kappa shape index (κ1) is 13.2. The van der Waals surface area contributed by atoms with Crippen molar-refractivity contribution in [3.05, 3.63) is 23.5 Å². The van der Waals surface area contributed by atoms with Gasteiger partial charge < -0.3 is 15.2 Å². The van der Waals surface area contributed by atoms with Crippen LogP contribution in [0.15, 0.2) is 12.1 Å². The summed E-state index contributed by atoms with van der Waals surface area (Å²) < 4.78 is 23.6. The Labute approximate surface area is 107 Å². The topological polar surface area (TPSA) is 68.3 Å². The van der Waals surface area contributed by atoms with E-state index in [1.165, 1.54) is 19.2 Å². The molecule has 0 aliphatic heterocycles. The molecular formula is C10H12FIN2O2. The van der Waals surface area contributed by atoms with E-state index < -0.39 is 5.82 Å². The molecule has 6 heteroatoms. The third-order valence-corrected chi connectivity index (χ3v) is 2.47. The lowest BCUT2D eigenvalue weighted by molar-refractivity contribution is 0.144. The van der Waals surface area contributed by atoms with Gasteiger partial charge in [0.15, 0.2) is 11.6 Å². The molecule has 1 rings (SSSR count). The molecule has 0 unspecified atom stereocenters. The number of rotatable bonds is 5. The molecule has 88 valence electrons. The minimum absolute atomic E-state index is 0.0796. The van der Waals surface area contributed by atoms with Crippen LogP contribution in [0, 0.1) is 11.2 Å². The second-order valence-electron chi connectivity index (χ2n) is 3.03. The van der Waals surface area contributed by atoms with Crippen molar-refractivity contribution >= 4 is 32.0 Å². The maximum atomic E-state index is 13.5. The summed E-state index contributed by atoms with van der Waals surface area (Å²) in [5.74, 6) is -0.447. The zero-order chi connectivity index (χ0) is 12.1. The molecule has 0 spiro atoms. The second kappa shape index (κ2) is 6.00. The van der Waals surface area contributed by atoms with Gasteiger partial charge in [-0.25, -0.2) is 4.39 Å². The fourth-order valence-electron chi connectivity index (χ4n) is 1.10. The van der Waals surface area contributed by atoms with Crippen LogP contribution in [0.2, 0.25) is 0 Å². The van der Waals surface area contributed by atoms with Crippen LogP contribution >= 0.6 is 22.6 Å². The number of anilines is 1. The molecule has 0 aromatic heterocycles. The van der Waals surface area contributed by atoms with E-state index in [2.05, 4.69) is 0 Å². The molecule has 0 amide bonds. The highest BCUT2D eigenvalue weighted by Crippen LogP contribution is 2.25. The molecule has 0 fully saturated rings. The van der Waals surface area contributed by atoms with Crippen LogP contribution < -0.4 is 10.5 Å². The van der Waals surface area contributed by atoms with Gasteiger partial charge >= 0.3 is 0 Å². The predicted octanol–water partition coefficient (Wildman–Crippen LogP) is 2.19. The average Bonchev–Trinajstić information content (AvgIpc) is 2.22. The van der Waals surface area contributed by atoms with Gasteiger partial charge in [-0.05, 0) is 28.7 Å². The molecule has 0 aliphatic rings. The number of hydrogen-bond acceptors (Lipinski definition) is 4. The van der Waals surface area contributed by atoms with Gasteiger partial charge in [-0.3, -0.25) is 5.41 Å². The van der Waals surface area contributed by atoms with Crippen LogP contribution in [0.3, 0.4) is 0 Å². The van der Waals surface area contributed by atoms with E-state index in [0.29, 0.717) is 17.9 Å². The Morgan fingerprint density at radius 1 is 1.50 bits per heavy atom. The zero-order valence-corrected chi connectivity index (χ0v) is 10.9. The number of benzene rings is 1. The Morgan fingerprint density at radius 3 is 2.75 bits per heavy atom. The summed E-state index contributed by atoms with van der Waals surface area (Å²) in [4.78, 5) is 0. The van der Waals surface area contributed by atoms with Crippen molar-refractivity contribution in [2.75, 3.05) is 26.1 Å². The molecule has 0 aliphatic carbocycles. The molecular weight excluding hydrogens is 326 g/mol. The van der Waals surface area contributed by atoms with Gasteiger partial charge in [0.05, 0.1) is 6.61 Å². The van der Waals surface area contributed by atoms with Gasteiger partial charge in [0.1, 0.15) is 10.3 Å². The Kier molecular flexibility index (Phi) is 4.94. The third kappa shape index (κ3) is 3.31. The molecule has 4 nitrogen and oxygen atoms in total. The third-order valence-electron chi connectivity index (χ3n) is 1.89. The number of halogens is 2. The van der Waals surface area contributed by atoms with E-state index in [4.69, 9.17) is 20.6 Å². The lowest BCUT2D eigenvalue weighted by Crippen LogP contribution is -2.07. The van der Waals surface area contributed by atoms with Crippen molar-refractivity contribution in [2.24, 2.45) is 0 Å². The van der Waals surface area contributed by atoms with E-state index in [1.807, 2.05) is 0 Å². The minimum atomic E-state index is -0.526. The van der Waals surface area contributed by atoms with Crippen molar-refractivity contribution in [3.63, 3.8) is 0 Å². The highest BCUT2D eigenvalue weighted by atomic mass is 127. The number of nitrogen functional groups attached to an aromatic ring is 1. The number of nitrogens with two attached hydrogens (primary N) is 1. The van der Waals surface area contributed by atoms with Crippen molar-refractivity contribution in [1.82, 2.24) is 0 Å². The first-order valence-corrected chi connectivity index (χ1v) is 5.59. The molecule has 16 heavy (non-hydrogen) atoms. The van der Waals surface area contributed by atoms with E-state index in [-0.39, 0.29) is 16.1 Å². The van der Waals surface area contributed by atoms with Crippen LogP contribution in [-0.2, 0) is 4.74 Å². The van der Waals surface area contributed by atoms with Gasteiger partial charge in [0.25, 0.3) is 0 Å². The lowest BCUT2D eigenvalue weighted by atomic mass is 10.2. The molecule has 1 aromatic rings. The average molecular weight is 338 g/mol. The maximum Gasteiger partial charge on any atom is 0.165 e. The first-order valence-electron chi connectivity index (χ1n) is 4.51. The number of methoxy groups -OCH3 is 1. The molecule has 3 N–H and O–H groups in total. The summed E-state index contributed by atoms with van der Waals surface area (Å²) in [7, 11) is 1.54. The van der Waals surface area contributed by atoms with E-state index in [0.717, 1.165) is 0 Å². The van der Waals surface area contributed by atoms with Crippen LogP contribution in [0.1, 0.15) is 5.56 Å². The van der Waals surface area contributed by atoms with Crippen LogP contribution in [0.4, 0.5) is 10.1 Å². The minimum Gasteiger partial charge on any atom is -0.488 e. The monoisotopic (exact) mass is 338 g/mol. The van der Waals surface area contributed by atoms with Crippen molar-refractivity contribution in [3.8, 4) is 5.75 Å². The van der Waals surface area contributed by atoms with Gasteiger partial charge in [0, 0.05) is 24.4 Å².